The van der Waals surface area contributed by atoms with Gasteiger partial charge in [0.15, 0.2) is 9.84 Å². The van der Waals surface area contributed by atoms with Gasteiger partial charge in [0.2, 0.25) is 0 Å². The molecule has 0 amide bonds. The van der Waals surface area contributed by atoms with Crippen molar-refractivity contribution in [2.45, 2.75) is 17.9 Å². The van der Waals surface area contributed by atoms with Gasteiger partial charge in [0.25, 0.3) is 0 Å². The summed E-state index contributed by atoms with van der Waals surface area (Å²) in [6, 6.07) is 5.74. The highest BCUT2D eigenvalue weighted by atomic mass is 32.2. The van der Waals surface area contributed by atoms with E-state index in [1.165, 1.54) is 18.4 Å². The molecule has 1 heterocycles. The molecule has 4 nitrogen and oxygen atoms in total. The molecule has 2 atom stereocenters. The van der Waals surface area contributed by atoms with Gasteiger partial charge in [-0.3, -0.25) is 4.90 Å². The van der Waals surface area contributed by atoms with Crippen LogP contribution < -0.4 is 0 Å². The number of aliphatic hydroxyl groups is 1. The van der Waals surface area contributed by atoms with Crippen LogP contribution in [0.1, 0.15) is 18.1 Å². The topological polar surface area (TPSA) is 57.6 Å². The van der Waals surface area contributed by atoms with Crippen LogP contribution in [0.5, 0.6) is 0 Å². The Bertz CT molecular complexity index is 562. The van der Waals surface area contributed by atoms with Crippen LogP contribution in [0.4, 0.5) is 4.39 Å². The fraction of sp³-hybridized carbons (Fsp3) is 0.571. The Balaban J connectivity index is 1.96. The highest BCUT2D eigenvalue weighted by Crippen LogP contribution is 2.23. The summed E-state index contributed by atoms with van der Waals surface area (Å²) in [5, 5.41) is 9.65. The molecule has 2 rings (SSSR count). The predicted molar refractivity (Wildman–Crippen MR) is 83.5 cm³/mol. The zero-order valence-electron chi connectivity index (χ0n) is 11.9. The van der Waals surface area contributed by atoms with Crippen LogP contribution in [0.25, 0.3) is 0 Å². The van der Waals surface area contributed by atoms with Crippen molar-refractivity contribution in [3.63, 3.8) is 0 Å². The van der Waals surface area contributed by atoms with Crippen molar-refractivity contribution in [2.24, 2.45) is 0 Å². The molecule has 1 aliphatic heterocycles. The van der Waals surface area contributed by atoms with Crippen LogP contribution in [-0.4, -0.2) is 54.6 Å². The zero-order chi connectivity index (χ0) is 15.5. The van der Waals surface area contributed by atoms with Gasteiger partial charge in [-0.2, -0.15) is 11.8 Å². The summed E-state index contributed by atoms with van der Waals surface area (Å²) in [6.45, 7) is 1.22. The Kier molecular flexibility index (Phi) is 5.65. The van der Waals surface area contributed by atoms with E-state index >= 15 is 0 Å². The van der Waals surface area contributed by atoms with Crippen molar-refractivity contribution in [1.29, 1.82) is 0 Å². The standard InChI is InChI=1S/C14H20FNO3S2/c1-21(18,19)14-10-20-9-8-16(14)7-6-13(17)11-2-4-12(15)5-3-11/h2-5,13-14,17H,6-10H2,1H3. The molecular weight excluding hydrogens is 313 g/mol. The molecule has 1 N–H and O–H groups in total. The molecule has 7 heteroatoms. The van der Waals surface area contributed by atoms with E-state index in [2.05, 4.69) is 0 Å². The molecule has 0 bridgehead atoms. The van der Waals surface area contributed by atoms with Gasteiger partial charge in [0.1, 0.15) is 11.2 Å². The second-order valence-corrected chi connectivity index (χ2v) is 8.60. The summed E-state index contributed by atoms with van der Waals surface area (Å²) in [5.74, 6) is 1.14. The fourth-order valence-corrected chi connectivity index (χ4v) is 5.38. The predicted octanol–water partition coefficient (Wildman–Crippen LogP) is 1.67. The molecule has 21 heavy (non-hydrogen) atoms. The molecule has 0 spiro atoms. The molecule has 0 saturated carbocycles. The number of thioether (sulfide) groups is 1. The van der Waals surface area contributed by atoms with Crippen molar-refractivity contribution in [1.82, 2.24) is 4.90 Å². The number of rotatable bonds is 5. The van der Waals surface area contributed by atoms with E-state index in [1.807, 2.05) is 4.90 Å². The molecule has 1 saturated heterocycles. The quantitative estimate of drug-likeness (QED) is 0.888. The Morgan fingerprint density at radius 2 is 2.10 bits per heavy atom. The van der Waals surface area contributed by atoms with Gasteiger partial charge in [0, 0.05) is 30.9 Å². The molecule has 0 aliphatic carbocycles. The third-order valence-corrected chi connectivity index (χ3v) is 6.32. The summed E-state index contributed by atoms with van der Waals surface area (Å²) in [7, 11) is -3.12. The van der Waals surface area contributed by atoms with Crippen molar-refractivity contribution in [3.05, 3.63) is 35.6 Å². The first-order valence-electron chi connectivity index (χ1n) is 6.82. The van der Waals surface area contributed by atoms with E-state index in [4.69, 9.17) is 0 Å². The third-order valence-electron chi connectivity index (χ3n) is 3.63. The van der Waals surface area contributed by atoms with E-state index in [0.29, 0.717) is 30.8 Å². The first-order valence-corrected chi connectivity index (χ1v) is 9.93. The second kappa shape index (κ2) is 7.09. The molecule has 1 aromatic rings. The van der Waals surface area contributed by atoms with Gasteiger partial charge in [-0.1, -0.05) is 12.1 Å². The molecular formula is C14H20FNO3S2. The van der Waals surface area contributed by atoms with E-state index < -0.39 is 21.3 Å². The number of hydrogen-bond donors (Lipinski definition) is 1. The lowest BCUT2D eigenvalue weighted by Gasteiger charge is -2.34. The van der Waals surface area contributed by atoms with Crippen LogP contribution in [0.15, 0.2) is 24.3 Å². The highest BCUT2D eigenvalue weighted by molar-refractivity contribution is 8.00. The molecule has 118 valence electrons. The Morgan fingerprint density at radius 1 is 1.43 bits per heavy atom. The Labute approximate surface area is 129 Å². The molecule has 1 fully saturated rings. The number of hydrogen-bond acceptors (Lipinski definition) is 5. The van der Waals surface area contributed by atoms with Crippen LogP contribution in [-0.2, 0) is 9.84 Å². The van der Waals surface area contributed by atoms with Gasteiger partial charge in [-0.15, -0.1) is 0 Å². The van der Waals surface area contributed by atoms with E-state index in [9.17, 15) is 17.9 Å². The van der Waals surface area contributed by atoms with Crippen molar-refractivity contribution < 1.29 is 17.9 Å². The van der Waals surface area contributed by atoms with E-state index in [0.717, 1.165) is 5.75 Å². The highest BCUT2D eigenvalue weighted by Gasteiger charge is 2.30. The third kappa shape index (κ3) is 4.67. The van der Waals surface area contributed by atoms with Crippen molar-refractivity contribution >= 4 is 21.6 Å². The molecule has 1 aromatic carbocycles. The van der Waals surface area contributed by atoms with Gasteiger partial charge >= 0.3 is 0 Å². The summed E-state index contributed by atoms with van der Waals surface area (Å²) in [6.07, 6.45) is 0.982. The molecule has 0 aromatic heterocycles. The monoisotopic (exact) mass is 333 g/mol. The minimum absolute atomic E-state index is 0.337. The van der Waals surface area contributed by atoms with Crippen LogP contribution >= 0.6 is 11.8 Å². The molecule has 0 radical (unpaired) electrons. The summed E-state index contributed by atoms with van der Waals surface area (Å²) in [4.78, 5) is 1.92. The fourth-order valence-electron chi connectivity index (χ4n) is 2.41. The number of aliphatic hydroxyl groups excluding tert-OH is 1. The Hall–Kier alpha value is -0.630. The average molecular weight is 333 g/mol. The van der Waals surface area contributed by atoms with E-state index in [-0.39, 0.29) is 5.82 Å². The lowest BCUT2D eigenvalue weighted by Crippen LogP contribution is -2.47. The maximum Gasteiger partial charge on any atom is 0.164 e. The minimum atomic E-state index is -3.12. The SMILES string of the molecule is CS(=O)(=O)C1CSCCN1CCC(O)c1ccc(F)cc1. The second-order valence-electron chi connectivity index (χ2n) is 5.25. The van der Waals surface area contributed by atoms with Gasteiger partial charge in [-0.05, 0) is 24.1 Å². The summed E-state index contributed by atoms with van der Waals surface area (Å²) < 4.78 is 36.4. The smallest absolute Gasteiger partial charge is 0.164 e. The first kappa shape index (κ1) is 16.7. The largest absolute Gasteiger partial charge is 0.388 e. The Morgan fingerprint density at radius 3 is 2.71 bits per heavy atom. The van der Waals surface area contributed by atoms with Crippen LogP contribution in [0.3, 0.4) is 0 Å². The summed E-state index contributed by atoms with van der Waals surface area (Å²) in [5.41, 5.74) is 0.652. The number of benzene rings is 1. The van der Waals surface area contributed by atoms with Gasteiger partial charge in [0.05, 0.1) is 6.10 Å². The van der Waals surface area contributed by atoms with Crippen LogP contribution in [0.2, 0.25) is 0 Å². The molecule has 2 unspecified atom stereocenters. The van der Waals surface area contributed by atoms with E-state index in [1.54, 1.807) is 23.9 Å². The maximum absolute atomic E-state index is 12.9. The first-order chi connectivity index (χ1) is 9.88. The number of nitrogens with zero attached hydrogens (tertiary/aromatic N) is 1. The van der Waals surface area contributed by atoms with Crippen molar-refractivity contribution in [3.8, 4) is 0 Å². The lowest BCUT2D eigenvalue weighted by molar-refractivity contribution is 0.140. The zero-order valence-corrected chi connectivity index (χ0v) is 13.5. The van der Waals surface area contributed by atoms with Gasteiger partial charge in [-0.25, -0.2) is 12.8 Å². The average Bonchev–Trinajstić information content (AvgIpc) is 2.45. The van der Waals surface area contributed by atoms with Crippen molar-refractivity contribution in [2.75, 3.05) is 30.9 Å². The van der Waals surface area contributed by atoms with Gasteiger partial charge < -0.3 is 5.11 Å². The number of halogens is 1. The minimum Gasteiger partial charge on any atom is -0.388 e. The molecule has 1 aliphatic rings. The number of sulfone groups is 1. The lowest BCUT2D eigenvalue weighted by atomic mass is 10.1. The normalized spacial score (nSPS) is 22.1. The summed E-state index contributed by atoms with van der Waals surface area (Å²) >= 11 is 1.64. The maximum atomic E-state index is 12.9. The van der Waals surface area contributed by atoms with Crippen LogP contribution in [0, 0.1) is 5.82 Å².